The number of nitrogens with one attached hydrogen (secondary N) is 1. The molecule has 0 unspecified atom stereocenters. The van der Waals surface area contributed by atoms with Gasteiger partial charge in [0.05, 0.1) is 15.5 Å². The van der Waals surface area contributed by atoms with Crippen LogP contribution in [0.25, 0.3) is 5.69 Å². The van der Waals surface area contributed by atoms with E-state index in [1.165, 1.54) is 11.1 Å². The summed E-state index contributed by atoms with van der Waals surface area (Å²) in [5, 5.41) is 7.47. The van der Waals surface area contributed by atoms with Crippen molar-refractivity contribution in [2.24, 2.45) is 0 Å². The van der Waals surface area contributed by atoms with E-state index in [2.05, 4.69) is 58.1 Å². The summed E-state index contributed by atoms with van der Waals surface area (Å²) in [6.45, 7) is 3.01. The number of halogens is 1. The monoisotopic (exact) mass is 327 g/mol. The lowest BCUT2D eigenvalue weighted by Crippen LogP contribution is -2.06. The van der Waals surface area contributed by atoms with Gasteiger partial charge in [-0.3, -0.25) is 0 Å². The Bertz CT molecular complexity index is 491. The summed E-state index contributed by atoms with van der Waals surface area (Å²) >= 11 is 2.27. The van der Waals surface area contributed by atoms with Crippen LogP contribution in [0.3, 0.4) is 0 Å². The van der Waals surface area contributed by atoms with E-state index in [0.717, 1.165) is 15.8 Å². The van der Waals surface area contributed by atoms with Gasteiger partial charge < -0.3 is 5.32 Å². The lowest BCUT2D eigenvalue weighted by molar-refractivity contribution is 0.813. The average molecular weight is 327 g/mol. The fourth-order valence-electron chi connectivity index (χ4n) is 1.72. The van der Waals surface area contributed by atoms with E-state index in [-0.39, 0.29) is 0 Å². The maximum absolute atomic E-state index is 4.32. The van der Waals surface area contributed by atoms with Crippen molar-refractivity contribution in [2.45, 2.75) is 13.5 Å². The number of rotatable bonds is 3. The summed E-state index contributed by atoms with van der Waals surface area (Å²) < 4.78 is 3.07. The molecule has 2 aromatic rings. The minimum absolute atomic E-state index is 0.901. The van der Waals surface area contributed by atoms with Crippen LogP contribution in [0, 0.1) is 10.5 Å². The normalized spacial score (nSPS) is 10.7. The van der Waals surface area contributed by atoms with Gasteiger partial charge in [-0.25, -0.2) is 4.68 Å². The van der Waals surface area contributed by atoms with Crippen molar-refractivity contribution in [3.63, 3.8) is 0 Å². The third-order valence-electron chi connectivity index (χ3n) is 2.44. The molecule has 0 saturated carbocycles. The van der Waals surface area contributed by atoms with Crippen molar-refractivity contribution in [1.82, 2.24) is 15.1 Å². The van der Waals surface area contributed by atoms with Crippen LogP contribution in [-0.2, 0) is 6.54 Å². The third kappa shape index (κ3) is 2.44. The van der Waals surface area contributed by atoms with Crippen molar-refractivity contribution >= 4 is 22.6 Å². The lowest BCUT2D eigenvalue weighted by atomic mass is 10.1. The van der Waals surface area contributed by atoms with Crippen LogP contribution in [0.4, 0.5) is 0 Å². The molecule has 1 aromatic heterocycles. The van der Waals surface area contributed by atoms with Crippen molar-refractivity contribution in [3.8, 4) is 5.69 Å². The lowest BCUT2D eigenvalue weighted by Gasteiger charge is -2.08. The molecule has 16 heavy (non-hydrogen) atoms. The van der Waals surface area contributed by atoms with Gasteiger partial charge in [-0.15, -0.1) is 0 Å². The molecule has 0 spiro atoms. The highest BCUT2D eigenvalue weighted by molar-refractivity contribution is 14.1. The Morgan fingerprint density at radius 1 is 1.44 bits per heavy atom. The van der Waals surface area contributed by atoms with Gasteiger partial charge in [-0.05, 0) is 53.8 Å². The van der Waals surface area contributed by atoms with Crippen molar-refractivity contribution in [1.29, 1.82) is 0 Å². The summed E-state index contributed by atoms with van der Waals surface area (Å²) in [6.07, 6.45) is 3.89. The second-order valence-corrected chi connectivity index (χ2v) is 5.00. The van der Waals surface area contributed by atoms with Crippen LogP contribution >= 0.6 is 22.6 Å². The van der Waals surface area contributed by atoms with E-state index < -0.39 is 0 Å². The van der Waals surface area contributed by atoms with Crippen LogP contribution in [0.5, 0.6) is 0 Å². The molecule has 0 saturated heterocycles. The molecule has 3 nitrogen and oxygen atoms in total. The Hall–Kier alpha value is -0.880. The van der Waals surface area contributed by atoms with E-state index in [0.29, 0.717) is 0 Å². The predicted molar refractivity (Wildman–Crippen MR) is 73.8 cm³/mol. The van der Waals surface area contributed by atoms with E-state index >= 15 is 0 Å². The van der Waals surface area contributed by atoms with Gasteiger partial charge in [0.2, 0.25) is 0 Å². The van der Waals surface area contributed by atoms with Gasteiger partial charge in [0.1, 0.15) is 0 Å². The maximum Gasteiger partial charge on any atom is 0.0675 e. The molecular formula is C12H14IN3. The van der Waals surface area contributed by atoms with Gasteiger partial charge >= 0.3 is 0 Å². The fraction of sp³-hybridized carbons (Fsp3) is 0.250. The topological polar surface area (TPSA) is 29.9 Å². The van der Waals surface area contributed by atoms with E-state index in [9.17, 15) is 0 Å². The minimum Gasteiger partial charge on any atom is -0.316 e. The summed E-state index contributed by atoms with van der Waals surface area (Å²) in [7, 11) is 1.96. The number of hydrogen-bond donors (Lipinski definition) is 1. The summed E-state index contributed by atoms with van der Waals surface area (Å²) in [5.41, 5.74) is 3.68. The first-order chi connectivity index (χ1) is 7.70. The molecule has 4 heteroatoms. The van der Waals surface area contributed by atoms with Crippen LogP contribution < -0.4 is 5.32 Å². The molecule has 0 radical (unpaired) electrons. The Kier molecular flexibility index (Phi) is 3.60. The Morgan fingerprint density at radius 3 is 2.81 bits per heavy atom. The standard InChI is InChI=1S/C12H14IN3/c1-9-5-10(6-14-2)3-4-12(9)16-8-11(13)7-15-16/h3-5,7-8,14H,6H2,1-2H3. The fourth-order valence-corrected chi connectivity index (χ4v) is 2.11. The van der Waals surface area contributed by atoms with E-state index in [4.69, 9.17) is 0 Å². The molecule has 1 heterocycles. The van der Waals surface area contributed by atoms with Crippen LogP contribution in [-0.4, -0.2) is 16.8 Å². The minimum atomic E-state index is 0.901. The number of nitrogens with zero attached hydrogens (tertiary/aromatic N) is 2. The second kappa shape index (κ2) is 4.97. The number of aryl methyl sites for hydroxylation is 1. The molecule has 0 fully saturated rings. The molecule has 84 valence electrons. The van der Waals surface area contributed by atoms with E-state index in [1.54, 1.807) is 0 Å². The predicted octanol–water partition coefficient (Wildman–Crippen LogP) is 2.50. The molecule has 1 aromatic carbocycles. The molecule has 0 bridgehead atoms. The zero-order chi connectivity index (χ0) is 11.5. The highest BCUT2D eigenvalue weighted by atomic mass is 127. The third-order valence-corrected chi connectivity index (χ3v) is 3.00. The number of hydrogen-bond acceptors (Lipinski definition) is 2. The highest BCUT2D eigenvalue weighted by Crippen LogP contribution is 2.16. The quantitative estimate of drug-likeness (QED) is 0.878. The van der Waals surface area contributed by atoms with Crippen LogP contribution in [0.1, 0.15) is 11.1 Å². The van der Waals surface area contributed by atoms with Crippen molar-refractivity contribution in [2.75, 3.05) is 7.05 Å². The van der Waals surface area contributed by atoms with Crippen molar-refractivity contribution in [3.05, 3.63) is 45.3 Å². The van der Waals surface area contributed by atoms with Gasteiger partial charge in [0.15, 0.2) is 0 Å². The van der Waals surface area contributed by atoms with Gasteiger partial charge in [-0.1, -0.05) is 12.1 Å². The Labute approximate surface area is 109 Å². The zero-order valence-electron chi connectivity index (χ0n) is 9.37. The molecule has 1 N–H and O–H groups in total. The molecule has 0 amide bonds. The molecular weight excluding hydrogens is 313 g/mol. The Morgan fingerprint density at radius 2 is 2.25 bits per heavy atom. The van der Waals surface area contributed by atoms with E-state index in [1.807, 2.05) is 24.1 Å². The largest absolute Gasteiger partial charge is 0.316 e. The maximum atomic E-state index is 4.32. The molecule has 0 aliphatic heterocycles. The smallest absolute Gasteiger partial charge is 0.0675 e. The summed E-state index contributed by atoms with van der Waals surface area (Å²) in [4.78, 5) is 0. The molecule has 0 aliphatic carbocycles. The average Bonchev–Trinajstić information content (AvgIpc) is 2.65. The second-order valence-electron chi connectivity index (χ2n) is 3.75. The molecule has 0 atom stereocenters. The van der Waals surface area contributed by atoms with Gasteiger partial charge in [0.25, 0.3) is 0 Å². The number of aromatic nitrogens is 2. The van der Waals surface area contributed by atoms with Crippen LogP contribution in [0.2, 0.25) is 0 Å². The zero-order valence-corrected chi connectivity index (χ0v) is 11.5. The first kappa shape index (κ1) is 11.6. The van der Waals surface area contributed by atoms with Crippen molar-refractivity contribution < 1.29 is 0 Å². The molecule has 2 rings (SSSR count). The summed E-state index contributed by atoms with van der Waals surface area (Å²) in [6, 6.07) is 6.44. The Balaban J connectivity index is 2.36. The SMILES string of the molecule is CNCc1ccc(-n2cc(I)cn2)c(C)c1. The first-order valence-corrected chi connectivity index (χ1v) is 6.23. The van der Waals surface area contributed by atoms with Gasteiger partial charge in [-0.2, -0.15) is 5.10 Å². The van der Waals surface area contributed by atoms with Crippen LogP contribution in [0.15, 0.2) is 30.6 Å². The van der Waals surface area contributed by atoms with Gasteiger partial charge in [0, 0.05) is 12.7 Å². The molecule has 0 aliphatic rings. The number of benzene rings is 1. The summed E-state index contributed by atoms with van der Waals surface area (Å²) in [5.74, 6) is 0. The first-order valence-electron chi connectivity index (χ1n) is 5.15. The highest BCUT2D eigenvalue weighted by Gasteiger charge is 2.03.